The van der Waals surface area contributed by atoms with Gasteiger partial charge in [-0.15, -0.1) is 0 Å². The molecule has 0 amide bonds. The van der Waals surface area contributed by atoms with E-state index >= 15 is 0 Å². The van der Waals surface area contributed by atoms with Gasteiger partial charge in [0.1, 0.15) is 0 Å². The van der Waals surface area contributed by atoms with Crippen molar-refractivity contribution in [2.24, 2.45) is 5.92 Å². The molecule has 0 heterocycles. The molecule has 3 heteroatoms. The van der Waals surface area contributed by atoms with E-state index in [2.05, 4.69) is 13.8 Å². The molecule has 0 aliphatic carbocycles. The van der Waals surface area contributed by atoms with Crippen LogP contribution in [0.1, 0.15) is 213 Å². The van der Waals surface area contributed by atoms with E-state index in [1.54, 1.807) is 0 Å². The van der Waals surface area contributed by atoms with Crippen LogP contribution in [-0.2, 0) is 9.53 Å². The van der Waals surface area contributed by atoms with Crippen molar-refractivity contribution in [1.82, 2.24) is 0 Å². The van der Waals surface area contributed by atoms with Gasteiger partial charge in [0.15, 0.2) is 0 Å². The van der Waals surface area contributed by atoms with Gasteiger partial charge in [-0.3, -0.25) is 4.79 Å². The van der Waals surface area contributed by atoms with Crippen LogP contribution < -0.4 is 0 Å². The van der Waals surface area contributed by atoms with Gasteiger partial charge in [0, 0.05) is 0 Å². The fraction of sp³-hybridized carbons (Fsp3) is 0.973. The van der Waals surface area contributed by atoms with Crippen LogP contribution in [-0.4, -0.2) is 24.3 Å². The normalized spacial score (nSPS) is 13.0. The molecule has 40 heavy (non-hydrogen) atoms. The molecular weight excluding hydrogens is 492 g/mol. The molecule has 1 N–H and O–H groups in total. The molecule has 0 bridgehead atoms. The summed E-state index contributed by atoms with van der Waals surface area (Å²) in [5, 5.41) is 10.7. The SMILES string of the molecule is CCCCCCCCCCCCCCCCCCCC(O)C(CCCCCCCCCCCCCC)C(=O)OC. The first-order valence-electron chi connectivity index (χ1n) is 18.4. The van der Waals surface area contributed by atoms with Crippen molar-refractivity contribution in [2.75, 3.05) is 7.11 Å². The molecule has 240 valence electrons. The molecule has 2 unspecified atom stereocenters. The van der Waals surface area contributed by atoms with E-state index in [0.29, 0.717) is 0 Å². The third-order valence-electron chi connectivity index (χ3n) is 8.94. The first-order chi connectivity index (χ1) is 19.7. The monoisotopic (exact) mass is 567 g/mol. The van der Waals surface area contributed by atoms with Crippen LogP contribution in [0.25, 0.3) is 0 Å². The molecule has 2 atom stereocenters. The minimum Gasteiger partial charge on any atom is -0.469 e. The van der Waals surface area contributed by atoms with Crippen molar-refractivity contribution in [3.05, 3.63) is 0 Å². The molecule has 0 saturated heterocycles. The molecule has 0 aliphatic rings. The van der Waals surface area contributed by atoms with E-state index in [-0.39, 0.29) is 11.9 Å². The summed E-state index contributed by atoms with van der Waals surface area (Å²) in [6, 6.07) is 0. The van der Waals surface area contributed by atoms with Crippen LogP contribution >= 0.6 is 0 Å². The smallest absolute Gasteiger partial charge is 0.311 e. The van der Waals surface area contributed by atoms with E-state index in [1.165, 1.54) is 174 Å². The van der Waals surface area contributed by atoms with Gasteiger partial charge < -0.3 is 9.84 Å². The van der Waals surface area contributed by atoms with Crippen LogP contribution in [0.2, 0.25) is 0 Å². The number of carbonyl (C=O) groups excluding carboxylic acids is 1. The zero-order chi connectivity index (χ0) is 29.4. The van der Waals surface area contributed by atoms with Gasteiger partial charge in [0.2, 0.25) is 0 Å². The van der Waals surface area contributed by atoms with Gasteiger partial charge in [-0.2, -0.15) is 0 Å². The summed E-state index contributed by atoms with van der Waals surface area (Å²) in [4.78, 5) is 12.3. The maximum atomic E-state index is 12.3. The highest BCUT2D eigenvalue weighted by Gasteiger charge is 2.26. The Morgan fingerprint density at radius 2 is 0.700 bits per heavy atom. The number of hydrogen-bond donors (Lipinski definition) is 1. The quantitative estimate of drug-likeness (QED) is 0.0634. The fourth-order valence-corrected chi connectivity index (χ4v) is 6.10. The van der Waals surface area contributed by atoms with Crippen LogP contribution in [0.5, 0.6) is 0 Å². The molecule has 0 aromatic rings. The minimum atomic E-state index is -0.545. The Balaban J connectivity index is 3.62. The standard InChI is InChI=1S/C37H74O3/c1-4-6-8-10-12-14-16-18-19-20-21-22-24-26-28-30-32-34-36(38)35(37(39)40-3)33-31-29-27-25-23-17-15-13-11-9-7-5-2/h35-36,38H,4-34H2,1-3H3. The van der Waals surface area contributed by atoms with Crippen LogP contribution in [0.4, 0.5) is 0 Å². The maximum absolute atomic E-state index is 12.3. The average molecular weight is 567 g/mol. The second-order valence-electron chi connectivity index (χ2n) is 12.8. The Morgan fingerprint density at radius 3 is 0.975 bits per heavy atom. The molecule has 0 aromatic heterocycles. The summed E-state index contributed by atoms with van der Waals surface area (Å²) in [5.41, 5.74) is 0. The fourth-order valence-electron chi connectivity index (χ4n) is 6.10. The Labute approximate surface area is 252 Å². The van der Waals surface area contributed by atoms with Crippen LogP contribution in [0, 0.1) is 5.92 Å². The van der Waals surface area contributed by atoms with Crippen LogP contribution in [0.15, 0.2) is 0 Å². The molecule has 0 rings (SSSR count). The lowest BCUT2D eigenvalue weighted by molar-refractivity contribution is -0.150. The molecule has 3 nitrogen and oxygen atoms in total. The lowest BCUT2D eigenvalue weighted by atomic mass is 9.91. The topological polar surface area (TPSA) is 46.5 Å². The molecule has 0 aliphatic heterocycles. The second-order valence-corrected chi connectivity index (χ2v) is 12.8. The minimum absolute atomic E-state index is 0.220. The van der Waals surface area contributed by atoms with Gasteiger partial charge in [0.25, 0.3) is 0 Å². The van der Waals surface area contributed by atoms with Crippen molar-refractivity contribution < 1.29 is 14.6 Å². The lowest BCUT2D eigenvalue weighted by Crippen LogP contribution is -2.29. The van der Waals surface area contributed by atoms with Gasteiger partial charge in [-0.1, -0.05) is 200 Å². The maximum Gasteiger partial charge on any atom is 0.311 e. The van der Waals surface area contributed by atoms with E-state index in [4.69, 9.17) is 4.74 Å². The Hall–Kier alpha value is -0.570. The zero-order valence-electron chi connectivity index (χ0n) is 27.8. The van der Waals surface area contributed by atoms with Crippen molar-refractivity contribution in [1.29, 1.82) is 0 Å². The summed E-state index contributed by atoms with van der Waals surface area (Å²) < 4.78 is 5.03. The van der Waals surface area contributed by atoms with Gasteiger partial charge >= 0.3 is 5.97 Å². The van der Waals surface area contributed by atoms with Crippen LogP contribution in [0.3, 0.4) is 0 Å². The number of ether oxygens (including phenoxy) is 1. The summed E-state index contributed by atoms with van der Waals surface area (Å²) in [5.74, 6) is -0.559. The highest BCUT2D eigenvalue weighted by atomic mass is 16.5. The van der Waals surface area contributed by atoms with Crippen molar-refractivity contribution in [3.8, 4) is 0 Å². The summed E-state index contributed by atoms with van der Waals surface area (Å²) in [6.45, 7) is 4.56. The molecule has 0 radical (unpaired) electrons. The largest absolute Gasteiger partial charge is 0.469 e. The highest BCUT2D eigenvalue weighted by Crippen LogP contribution is 2.22. The lowest BCUT2D eigenvalue weighted by Gasteiger charge is -2.20. The van der Waals surface area contributed by atoms with E-state index in [1.807, 2.05) is 0 Å². The van der Waals surface area contributed by atoms with E-state index in [0.717, 1.165) is 32.1 Å². The predicted octanol–water partition coefficient (Wildman–Crippen LogP) is 12.3. The number of carbonyl (C=O) groups is 1. The average Bonchev–Trinajstić information content (AvgIpc) is 2.96. The van der Waals surface area contributed by atoms with Gasteiger partial charge in [-0.25, -0.2) is 0 Å². The number of unbranched alkanes of at least 4 members (excludes halogenated alkanes) is 27. The summed E-state index contributed by atoms with van der Waals surface area (Å²) in [7, 11) is 1.46. The number of aliphatic hydroxyl groups excluding tert-OH is 1. The molecule has 0 saturated carbocycles. The Morgan fingerprint density at radius 1 is 0.450 bits per heavy atom. The third kappa shape index (κ3) is 27.6. The predicted molar refractivity (Wildman–Crippen MR) is 176 cm³/mol. The number of esters is 1. The van der Waals surface area contributed by atoms with Crippen molar-refractivity contribution in [2.45, 2.75) is 219 Å². The second kappa shape index (κ2) is 32.9. The molecule has 0 spiro atoms. The van der Waals surface area contributed by atoms with E-state index in [9.17, 15) is 9.90 Å². The summed E-state index contributed by atoms with van der Waals surface area (Å²) >= 11 is 0. The van der Waals surface area contributed by atoms with Gasteiger partial charge in [-0.05, 0) is 12.8 Å². The molecule has 0 fully saturated rings. The Kier molecular flexibility index (Phi) is 32.5. The first-order valence-corrected chi connectivity index (χ1v) is 18.4. The molecule has 0 aromatic carbocycles. The highest BCUT2D eigenvalue weighted by molar-refractivity contribution is 5.72. The van der Waals surface area contributed by atoms with Crippen molar-refractivity contribution >= 4 is 5.97 Å². The first kappa shape index (κ1) is 39.4. The summed E-state index contributed by atoms with van der Waals surface area (Å²) in [6.07, 6.45) is 39.8. The third-order valence-corrected chi connectivity index (χ3v) is 8.94. The van der Waals surface area contributed by atoms with Gasteiger partial charge in [0.05, 0.1) is 19.1 Å². The number of rotatable bonds is 33. The zero-order valence-corrected chi connectivity index (χ0v) is 27.8. The molecular formula is C37H74O3. The number of hydrogen-bond acceptors (Lipinski definition) is 3. The number of methoxy groups -OCH3 is 1. The van der Waals surface area contributed by atoms with Crippen molar-refractivity contribution in [3.63, 3.8) is 0 Å². The Bertz CT molecular complexity index is 492. The van der Waals surface area contributed by atoms with E-state index < -0.39 is 6.10 Å². The number of aliphatic hydroxyl groups is 1.